The van der Waals surface area contributed by atoms with Gasteiger partial charge in [-0.3, -0.25) is 9.78 Å². The van der Waals surface area contributed by atoms with Crippen molar-refractivity contribution >= 4 is 11.7 Å². The van der Waals surface area contributed by atoms with Gasteiger partial charge in [0.15, 0.2) is 5.82 Å². The molecular formula is C33H44F3N7O3. The summed E-state index contributed by atoms with van der Waals surface area (Å²) in [6.07, 6.45) is 3.18. The zero-order chi connectivity index (χ0) is 33.4. The van der Waals surface area contributed by atoms with Crippen molar-refractivity contribution in [3.63, 3.8) is 0 Å². The Morgan fingerprint density at radius 3 is 2.54 bits per heavy atom. The van der Waals surface area contributed by atoms with Crippen molar-refractivity contribution in [1.82, 2.24) is 30.4 Å². The van der Waals surface area contributed by atoms with E-state index in [2.05, 4.69) is 25.5 Å². The van der Waals surface area contributed by atoms with Gasteiger partial charge in [0.25, 0.3) is 18.2 Å². The van der Waals surface area contributed by atoms with Gasteiger partial charge in [-0.05, 0) is 51.0 Å². The maximum atomic E-state index is 14.2. The van der Waals surface area contributed by atoms with E-state index in [-0.39, 0.29) is 28.7 Å². The predicted molar refractivity (Wildman–Crippen MR) is 169 cm³/mol. The summed E-state index contributed by atoms with van der Waals surface area (Å²) in [5.74, 6) is -0.112. The molecule has 4 heterocycles. The van der Waals surface area contributed by atoms with Crippen LogP contribution in [0.3, 0.4) is 0 Å². The summed E-state index contributed by atoms with van der Waals surface area (Å²) in [5, 5.41) is 11.3. The number of pyridine rings is 1. The van der Waals surface area contributed by atoms with Crippen molar-refractivity contribution in [3.05, 3.63) is 59.4 Å². The van der Waals surface area contributed by atoms with Crippen molar-refractivity contribution in [2.45, 2.75) is 85.9 Å². The number of carbonyl (C=O) groups is 1. The molecule has 3 aromatic rings. The lowest BCUT2D eigenvalue weighted by molar-refractivity contribution is -0.0350. The Balaban J connectivity index is 0.00000116. The van der Waals surface area contributed by atoms with Crippen LogP contribution in [0.2, 0.25) is 0 Å². The van der Waals surface area contributed by atoms with E-state index in [1.54, 1.807) is 13.8 Å². The minimum absolute atomic E-state index is 0.0209. The quantitative estimate of drug-likeness (QED) is 0.298. The maximum absolute atomic E-state index is 14.2. The first-order valence-corrected chi connectivity index (χ1v) is 16.0. The van der Waals surface area contributed by atoms with Gasteiger partial charge in [-0.25, -0.2) is 18.2 Å². The van der Waals surface area contributed by atoms with Crippen LogP contribution in [0, 0.1) is 11.2 Å². The molecule has 2 aromatic heterocycles. The number of aromatic nitrogens is 4. The SMILES string of the molecule is CC.CC.CC(C)N(CC(F)F)C(=O)c1cc(F)ccc1Oc1nncnc1N1CC2(CC(Oc3ccnc4c3CNCC4)C2)C1. The van der Waals surface area contributed by atoms with E-state index in [1.165, 1.54) is 12.4 Å². The molecule has 3 aliphatic rings. The molecule has 1 amide bonds. The number of hydrogen-bond acceptors (Lipinski definition) is 9. The number of benzene rings is 1. The summed E-state index contributed by atoms with van der Waals surface area (Å²) in [6.45, 7) is 13.5. The van der Waals surface area contributed by atoms with Crippen LogP contribution >= 0.6 is 0 Å². The summed E-state index contributed by atoms with van der Waals surface area (Å²) in [4.78, 5) is 25.1. The molecule has 1 spiro atoms. The van der Waals surface area contributed by atoms with Crippen molar-refractivity contribution < 1.29 is 27.4 Å². The third-order valence-corrected chi connectivity index (χ3v) is 8.08. The number of nitrogens with one attached hydrogen (secondary N) is 1. The zero-order valence-electron chi connectivity index (χ0n) is 27.4. The molecular weight excluding hydrogens is 599 g/mol. The lowest BCUT2D eigenvalue weighted by Crippen LogP contribution is -2.65. The van der Waals surface area contributed by atoms with Gasteiger partial charge >= 0.3 is 0 Å². The fourth-order valence-corrected chi connectivity index (χ4v) is 6.03. The summed E-state index contributed by atoms with van der Waals surface area (Å²) in [6, 6.07) is 4.78. The second kappa shape index (κ2) is 15.5. The number of rotatable bonds is 9. The van der Waals surface area contributed by atoms with Gasteiger partial charge in [0.05, 0.1) is 12.1 Å². The van der Waals surface area contributed by atoms with Gasteiger partial charge in [0.1, 0.15) is 29.7 Å². The number of nitrogens with zero attached hydrogens (tertiary/aromatic N) is 6. The Bertz CT molecular complexity index is 1460. The van der Waals surface area contributed by atoms with E-state index in [9.17, 15) is 18.0 Å². The molecule has 1 aliphatic carbocycles. The summed E-state index contributed by atoms with van der Waals surface area (Å²) < 4.78 is 52.9. The highest BCUT2D eigenvalue weighted by atomic mass is 19.3. The van der Waals surface area contributed by atoms with Crippen LogP contribution in [-0.4, -0.2) is 75.7 Å². The monoisotopic (exact) mass is 643 g/mol. The predicted octanol–water partition coefficient (Wildman–Crippen LogP) is 6.06. The molecule has 1 aromatic carbocycles. The molecule has 46 heavy (non-hydrogen) atoms. The van der Waals surface area contributed by atoms with Gasteiger partial charge in [-0.15, -0.1) is 10.2 Å². The Hall–Kier alpha value is -4.00. The Kier molecular flexibility index (Phi) is 11.8. The van der Waals surface area contributed by atoms with Crippen LogP contribution in [0.25, 0.3) is 0 Å². The van der Waals surface area contributed by atoms with Gasteiger partial charge in [0.2, 0.25) is 0 Å². The van der Waals surface area contributed by atoms with Crippen molar-refractivity contribution in [2.75, 3.05) is 31.1 Å². The molecule has 0 bridgehead atoms. The van der Waals surface area contributed by atoms with E-state index < -0.39 is 30.7 Å². The van der Waals surface area contributed by atoms with Crippen LogP contribution in [-0.2, 0) is 13.0 Å². The first kappa shape index (κ1) is 34.9. The first-order valence-electron chi connectivity index (χ1n) is 16.0. The maximum Gasteiger partial charge on any atom is 0.282 e. The highest BCUT2D eigenvalue weighted by Gasteiger charge is 2.54. The fraction of sp³-hybridized carbons (Fsp3) is 0.545. The topological polar surface area (TPSA) is 106 Å². The van der Waals surface area contributed by atoms with Gasteiger partial charge in [-0.2, -0.15) is 0 Å². The fourth-order valence-electron chi connectivity index (χ4n) is 6.03. The minimum Gasteiger partial charge on any atom is -0.490 e. The second-order valence-corrected chi connectivity index (χ2v) is 11.4. The first-order chi connectivity index (χ1) is 22.2. The molecule has 1 saturated carbocycles. The average molecular weight is 644 g/mol. The lowest BCUT2D eigenvalue weighted by Gasteiger charge is -2.58. The van der Waals surface area contributed by atoms with Crippen LogP contribution < -0.4 is 19.7 Å². The molecule has 1 N–H and O–H groups in total. The van der Waals surface area contributed by atoms with Crippen molar-refractivity contribution in [1.29, 1.82) is 0 Å². The highest BCUT2D eigenvalue weighted by Crippen LogP contribution is 2.52. The van der Waals surface area contributed by atoms with E-state index in [4.69, 9.17) is 9.47 Å². The molecule has 0 unspecified atom stereocenters. The van der Waals surface area contributed by atoms with E-state index >= 15 is 0 Å². The van der Waals surface area contributed by atoms with Crippen LogP contribution in [0.5, 0.6) is 17.4 Å². The van der Waals surface area contributed by atoms with Crippen LogP contribution in [0.4, 0.5) is 19.0 Å². The molecule has 1 saturated heterocycles. The zero-order valence-corrected chi connectivity index (χ0v) is 27.4. The van der Waals surface area contributed by atoms with Crippen LogP contribution in [0.15, 0.2) is 36.8 Å². The molecule has 6 rings (SSSR count). The number of carbonyl (C=O) groups excluding carboxylic acids is 1. The second-order valence-electron chi connectivity index (χ2n) is 11.4. The number of hydrogen-bond donors (Lipinski definition) is 1. The number of halogens is 3. The molecule has 2 fully saturated rings. The summed E-state index contributed by atoms with van der Waals surface area (Å²) in [7, 11) is 0. The summed E-state index contributed by atoms with van der Waals surface area (Å²) in [5.41, 5.74) is 2.13. The van der Waals surface area contributed by atoms with E-state index in [0.717, 1.165) is 66.4 Å². The summed E-state index contributed by atoms with van der Waals surface area (Å²) >= 11 is 0. The molecule has 250 valence electrons. The highest BCUT2D eigenvalue weighted by molar-refractivity contribution is 5.97. The largest absolute Gasteiger partial charge is 0.490 e. The minimum atomic E-state index is -2.74. The number of anilines is 1. The van der Waals surface area contributed by atoms with E-state index in [1.807, 2.05) is 44.9 Å². The number of alkyl halides is 2. The standard InChI is InChI=1S/C29H32F3N7O3.2C2H6/c1-17(2)39(13-25(31)32)28(40)20-9-18(30)3-4-23(20)42-27-26(35-16-36-37-27)38-14-29(15-38)10-19(11-29)41-24-6-8-34-22-5-7-33-12-21(22)24;2*1-2/h3-4,6,8-9,16-17,19,25,33H,5,7,10-15H2,1-2H3;2*1-2H3. The molecule has 0 radical (unpaired) electrons. The number of fused-ring (bicyclic) bond motifs is 1. The number of ether oxygens (including phenoxy) is 2. The van der Waals surface area contributed by atoms with Crippen molar-refractivity contribution in [2.24, 2.45) is 5.41 Å². The average Bonchev–Trinajstić information content (AvgIpc) is 3.03. The van der Waals surface area contributed by atoms with Gasteiger partial charge in [0, 0.05) is 61.5 Å². The Morgan fingerprint density at radius 1 is 1.11 bits per heavy atom. The van der Waals surface area contributed by atoms with Crippen molar-refractivity contribution in [3.8, 4) is 17.4 Å². The lowest BCUT2D eigenvalue weighted by atomic mass is 9.61. The number of amides is 1. The molecule has 0 atom stereocenters. The van der Waals surface area contributed by atoms with E-state index in [0.29, 0.717) is 18.9 Å². The van der Waals surface area contributed by atoms with Gasteiger partial charge in [-0.1, -0.05) is 27.7 Å². The third kappa shape index (κ3) is 7.68. The van der Waals surface area contributed by atoms with Crippen LogP contribution in [0.1, 0.15) is 76.0 Å². The Labute approximate surface area is 268 Å². The smallest absolute Gasteiger partial charge is 0.282 e. The Morgan fingerprint density at radius 2 is 1.85 bits per heavy atom. The molecule has 10 nitrogen and oxygen atoms in total. The molecule has 2 aliphatic heterocycles. The molecule has 13 heteroatoms. The third-order valence-electron chi connectivity index (χ3n) is 8.08. The normalized spacial score (nSPS) is 16.3. The van der Waals surface area contributed by atoms with Gasteiger partial charge < -0.3 is 24.6 Å².